The standard InChI is InChI=1S/C18H16N2O3/c1-20(18(21)14-8-6-13(10-19)7-9-14)11-15-12-22-16-4-2-3-5-17(16)23-15/h2-9,15H,11-12H2,1H3. The van der Waals surface area contributed by atoms with Crippen molar-refractivity contribution in [1.29, 1.82) is 5.26 Å². The average Bonchev–Trinajstić information content (AvgIpc) is 2.61. The Morgan fingerprint density at radius 2 is 1.91 bits per heavy atom. The third-order valence-electron chi connectivity index (χ3n) is 3.65. The molecule has 116 valence electrons. The van der Waals surface area contributed by atoms with Gasteiger partial charge in [-0.15, -0.1) is 0 Å². The molecule has 5 heteroatoms. The zero-order valence-electron chi connectivity index (χ0n) is 12.7. The lowest BCUT2D eigenvalue weighted by molar-refractivity contribution is 0.0521. The summed E-state index contributed by atoms with van der Waals surface area (Å²) in [6, 6.07) is 16.1. The van der Waals surface area contributed by atoms with E-state index in [1.807, 2.05) is 30.3 Å². The second-order valence-corrected chi connectivity index (χ2v) is 5.37. The van der Waals surface area contributed by atoms with Crippen LogP contribution in [-0.4, -0.2) is 37.1 Å². The van der Waals surface area contributed by atoms with Gasteiger partial charge in [0, 0.05) is 12.6 Å². The molecule has 1 amide bonds. The second kappa shape index (κ2) is 6.41. The van der Waals surface area contributed by atoms with E-state index in [0.717, 1.165) is 5.75 Å². The van der Waals surface area contributed by atoms with Crippen LogP contribution >= 0.6 is 0 Å². The quantitative estimate of drug-likeness (QED) is 0.874. The zero-order chi connectivity index (χ0) is 16.2. The van der Waals surface area contributed by atoms with E-state index >= 15 is 0 Å². The highest BCUT2D eigenvalue weighted by Crippen LogP contribution is 2.31. The number of fused-ring (bicyclic) bond motifs is 1. The number of nitriles is 1. The fourth-order valence-electron chi connectivity index (χ4n) is 2.45. The highest BCUT2D eigenvalue weighted by molar-refractivity contribution is 5.94. The molecule has 1 aliphatic heterocycles. The SMILES string of the molecule is CN(CC1COc2ccccc2O1)C(=O)c1ccc(C#N)cc1. The fraction of sp³-hybridized carbons (Fsp3) is 0.222. The largest absolute Gasteiger partial charge is 0.486 e. The number of carbonyl (C=O) groups is 1. The number of rotatable bonds is 3. The van der Waals surface area contributed by atoms with Crippen LogP contribution in [0.15, 0.2) is 48.5 Å². The van der Waals surface area contributed by atoms with Gasteiger partial charge in [0.05, 0.1) is 18.2 Å². The van der Waals surface area contributed by atoms with Crippen molar-refractivity contribution >= 4 is 5.91 Å². The molecule has 0 N–H and O–H groups in total. The molecule has 0 spiro atoms. The van der Waals surface area contributed by atoms with E-state index in [2.05, 4.69) is 0 Å². The monoisotopic (exact) mass is 308 g/mol. The molecule has 1 aliphatic rings. The van der Waals surface area contributed by atoms with Gasteiger partial charge in [0.2, 0.25) is 0 Å². The molecule has 0 aromatic heterocycles. The van der Waals surface area contributed by atoms with Gasteiger partial charge < -0.3 is 14.4 Å². The van der Waals surface area contributed by atoms with Gasteiger partial charge in [-0.05, 0) is 36.4 Å². The van der Waals surface area contributed by atoms with Crippen LogP contribution in [0.1, 0.15) is 15.9 Å². The van der Waals surface area contributed by atoms with Gasteiger partial charge in [0.1, 0.15) is 6.61 Å². The van der Waals surface area contributed by atoms with Crippen LogP contribution in [0.25, 0.3) is 0 Å². The summed E-state index contributed by atoms with van der Waals surface area (Å²) in [5, 5.41) is 8.80. The summed E-state index contributed by atoms with van der Waals surface area (Å²) < 4.78 is 11.5. The first-order chi connectivity index (χ1) is 11.2. The molecule has 1 atom stereocenters. The molecule has 3 rings (SSSR count). The highest BCUT2D eigenvalue weighted by Gasteiger charge is 2.24. The lowest BCUT2D eigenvalue weighted by Crippen LogP contribution is -2.41. The van der Waals surface area contributed by atoms with E-state index in [-0.39, 0.29) is 12.0 Å². The van der Waals surface area contributed by atoms with Gasteiger partial charge >= 0.3 is 0 Å². The van der Waals surface area contributed by atoms with Crippen LogP contribution in [-0.2, 0) is 0 Å². The first-order valence-corrected chi connectivity index (χ1v) is 7.31. The lowest BCUT2D eigenvalue weighted by atomic mass is 10.1. The number of amides is 1. The van der Waals surface area contributed by atoms with E-state index in [1.54, 1.807) is 36.2 Å². The van der Waals surface area contributed by atoms with E-state index < -0.39 is 0 Å². The molecule has 2 aromatic rings. The molecule has 1 heterocycles. The number of hydrogen-bond acceptors (Lipinski definition) is 4. The van der Waals surface area contributed by atoms with E-state index in [4.69, 9.17) is 14.7 Å². The molecule has 2 aromatic carbocycles. The van der Waals surface area contributed by atoms with Crippen molar-refractivity contribution < 1.29 is 14.3 Å². The molecular weight excluding hydrogens is 292 g/mol. The molecule has 0 radical (unpaired) electrons. The van der Waals surface area contributed by atoms with Crippen molar-refractivity contribution in [2.24, 2.45) is 0 Å². The second-order valence-electron chi connectivity index (χ2n) is 5.37. The normalized spacial score (nSPS) is 15.6. The number of hydrogen-bond donors (Lipinski definition) is 0. The van der Waals surface area contributed by atoms with E-state index in [1.165, 1.54) is 0 Å². The van der Waals surface area contributed by atoms with Crippen molar-refractivity contribution in [2.75, 3.05) is 20.2 Å². The zero-order valence-corrected chi connectivity index (χ0v) is 12.7. The minimum atomic E-state index is -0.211. The topological polar surface area (TPSA) is 62.6 Å². The Morgan fingerprint density at radius 3 is 2.61 bits per heavy atom. The van der Waals surface area contributed by atoms with Crippen LogP contribution in [0.5, 0.6) is 11.5 Å². The van der Waals surface area contributed by atoms with Gasteiger partial charge in [-0.3, -0.25) is 4.79 Å². The first-order valence-electron chi connectivity index (χ1n) is 7.31. The van der Waals surface area contributed by atoms with Crippen molar-refractivity contribution in [3.63, 3.8) is 0 Å². The molecule has 5 nitrogen and oxygen atoms in total. The summed E-state index contributed by atoms with van der Waals surface area (Å²) in [7, 11) is 1.73. The van der Waals surface area contributed by atoms with Crippen LogP contribution in [0.3, 0.4) is 0 Å². The summed E-state index contributed by atoms with van der Waals surface area (Å²) in [6.45, 7) is 0.829. The molecule has 0 bridgehead atoms. The Labute approximate surface area is 134 Å². The summed E-state index contributed by atoms with van der Waals surface area (Å²) >= 11 is 0. The Kier molecular flexibility index (Phi) is 4.15. The van der Waals surface area contributed by atoms with Crippen molar-refractivity contribution in [3.05, 3.63) is 59.7 Å². The molecule has 0 aliphatic carbocycles. The third-order valence-corrected chi connectivity index (χ3v) is 3.65. The number of benzene rings is 2. The minimum Gasteiger partial charge on any atom is -0.486 e. The maximum Gasteiger partial charge on any atom is 0.253 e. The van der Waals surface area contributed by atoms with Crippen LogP contribution in [0, 0.1) is 11.3 Å². The van der Waals surface area contributed by atoms with Crippen molar-refractivity contribution in [2.45, 2.75) is 6.10 Å². The molecule has 0 saturated carbocycles. The predicted octanol–water partition coefficient (Wildman–Crippen LogP) is 2.47. The third kappa shape index (κ3) is 3.27. The number of likely N-dealkylation sites (N-methyl/N-ethyl adjacent to an activating group) is 1. The number of nitrogens with zero attached hydrogens (tertiary/aromatic N) is 2. The summed E-state index contributed by atoms with van der Waals surface area (Å²) in [6.07, 6.45) is -0.211. The predicted molar refractivity (Wildman–Crippen MR) is 84.5 cm³/mol. The Balaban J connectivity index is 1.64. The number of para-hydroxylation sites is 2. The van der Waals surface area contributed by atoms with Gasteiger partial charge in [-0.2, -0.15) is 5.26 Å². The van der Waals surface area contributed by atoms with Gasteiger partial charge in [0.15, 0.2) is 17.6 Å². The summed E-state index contributed by atoms with van der Waals surface area (Å²) in [4.78, 5) is 14.0. The molecule has 1 unspecified atom stereocenters. The molecular formula is C18H16N2O3. The average molecular weight is 308 g/mol. The smallest absolute Gasteiger partial charge is 0.253 e. The fourth-order valence-corrected chi connectivity index (χ4v) is 2.45. The van der Waals surface area contributed by atoms with E-state index in [0.29, 0.717) is 30.0 Å². The Morgan fingerprint density at radius 1 is 1.22 bits per heavy atom. The maximum atomic E-state index is 12.4. The van der Waals surface area contributed by atoms with Gasteiger partial charge in [-0.25, -0.2) is 0 Å². The summed E-state index contributed by atoms with van der Waals surface area (Å²) in [5.74, 6) is 1.31. The van der Waals surface area contributed by atoms with Crippen molar-refractivity contribution in [1.82, 2.24) is 4.90 Å². The summed E-state index contributed by atoms with van der Waals surface area (Å²) in [5.41, 5.74) is 1.08. The molecule has 0 saturated heterocycles. The molecule has 23 heavy (non-hydrogen) atoms. The Hall–Kier alpha value is -3.00. The Bertz CT molecular complexity index is 750. The lowest BCUT2D eigenvalue weighted by Gasteiger charge is -2.29. The first kappa shape index (κ1) is 14.9. The van der Waals surface area contributed by atoms with Crippen molar-refractivity contribution in [3.8, 4) is 17.6 Å². The van der Waals surface area contributed by atoms with E-state index in [9.17, 15) is 4.79 Å². The van der Waals surface area contributed by atoms with Gasteiger partial charge in [0.25, 0.3) is 5.91 Å². The molecule has 0 fully saturated rings. The van der Waals surface area contributed by atoms with Crippen LogP contribution in [0.4, 0.5) is 0 Å². The highest BCUT2D eigenvalue weighted by atomic mass is 16.6. The minimum absolute atomic E-state index is 0.114. The van der Waals surface area contributed by atoms with Gasteiger partial charge in [-0.1, -0.05) is 12.1 Å². The number of ether oxygens (including phenoxy) is 2. The number of carbonyl (C=O) groups excluding carboxylic acids is 1. The maximum absolute atomic E-state index is 12.4. The van der Waals surface area contributed by atoms with Crippen LogP contribution < -0.4 is 9.47 Å². The van der Waals surface area contributed by atoms with Crippen LogP contribution in [0.2, 0.25) is 0 Å².